The van der Waals surface area contributed by atoms with Crippen LogP contribution in [0.1, 0.15) is 53.5 Å². The summed E-state index contributed by atoms with van der Waals surface area (Å²) in [6.45, 7) is 12.8. The van der Waals surface area contributed by atoms with E-state index in [0.717, 1.165) is 6.42 Å². The second-order valence-electron chi connectivity index (χ2n) is 6.77. The lowest BCUT2D eigenvalue weighted by atomic mass is 9.86. The highest BCUT2D eigenvalue weighted by Gasteiger charge is 2.16. The molecule has 0 saturated heterocycles. The number of benzene rings is 1. The molecular weight excluding hydrogens is 290 g/mol. The van der Waals surface area contributed by atoms with Gasteiger partial charge < -0.3 is 5.32 Å². The Hall–Kier alpha value is -2.02. The van der Waals surface area contributed by atoms with Crippen molar-refractivity contribution in [3.05, 3.63) is 78.0 Å². The Labute approximate surface area is 148 Å². The first-order chi connectivity index (χ1) is 11.5. The van der Waals surface area contributed by atoms with Gasteiger partial charge in [-0.25, -0.2) is 0 Å². The van der Waals surface area contributed by atoms with Crippen molar-refractivity contribution in [1.82, 2.24) is 5.32 Å². The smallest absolute Gasteiger partial charge is 0.0482 e. The zero-order valence-electron chi connectivity index (χ0n) is 16.1. The number of hydrogen-bond donors (Lipinski definition) is 1. The van der Waals surface area contributed by atoms with Gasteiger partial charge in [-0.3, -0.25) is 0 Å². The Kier molecular flexibility index (Phi) is 8.32. The SMILES string of the molecule is C/C=C\C(=C/NC1C=CC=C(c2ccccc2)C1)C(C)(C)C.CC. The molecule has 0 heterocycles. The Morgan fingerprint density at radius 1 is 1.12 bits per heavy atom. The van der Waals surface area contributed by atoms with Crippen molar-refractivity contribution in [2.24, 2.45) is 5.41 Å². The minimum absolute atomic E-state index is 0.149. The average Bonchev–Trinajstić information content (AvgIpc) is 2.60. The summed E-state index contributed by atoms with van der Waals surface area (Å²) in [7, 11) is 0. The van der Waals surface area contributed by atoms with Gasteiger partial charge in [-0.1, -0.05) is 95.3 Å². The Morgan fingerprint density at radius 3 is 2.38 bits per heavy atom. The number of rotatable bonds is 4. The summed E-state index contributed by atoms with van der Waals surface area (Å²) < 4.78 is 0. The molecule has 0 amide bonds. The van der Waals surface area contributed by atoms with Gasteiger partial charge in [0.05, 0.1) is 0 Å². The van der Waals surface area contributed by atoms with Crippen LogP contribution in [-0.2, 0) is 0 Å². The molecule has 0 fully saturated rings. The molecule has 0 saturated carbocycles. The fourth-order valence-corrected chi connectivity index (χ4v) is 2.55. The molecule has 130 valence electrons. The van der Waals surface area contributed by atoms with Crippen molar-refractivity contribution in [3.8, 4) is 0 Å². The van der Waals surface area contributed by atoms with Crippen LogP contribution in [0.3, 0.4) is 0 Å². The third-order valence-electron chi connectivity index (χ3n) is 3.89. The average molecular weight is 324 g/mol. The summed E-state index contributed by atoms with van der Waals surface area (Å²) in [6.07, 6.45) is 14.1. The van der Waals surface area contributed by atoms with Crippen LogP contribution >= 0.6 is 0 Å². The summed E-state index contributed by atoms with van der Waals surface area (Å²) >= 11 is 0. The van der Waals surface area contributed by atoms with Crippen LogP contribution in [0, 0.1) is 5.41 Å². The molecule has 1 aromatic carbocycles. The fraction of sp³-hybridized carbons (Fsp3) is 0.391. The standard InChI is InChI=1S/C21H27N.C2H6/c1-5-10-19(21(2,3)4)16-22-20-14-9-13-18(15-20)17-11-7-6-8-12-17;1-2/h5-14,16,20,22H,15H2,1-4H3;1-2H3/b10-5-,19-16+;. The number of nitrogens with one attached hydrogen (secondary N) is 1. The van der Waals surface area contributed by atoms with Crippen molar-refractivity contribution >= 4 is 5.57 Å². The molecule has 0 aromatic heterocycles. The summed E-state index contributed by atoms with van der Waals surface area (Å²) in [5, 5.41) is 3.57. The van der Waals surface area contributed by atoms with E-state index in [2.05, 4.69) is 99.9 Å². The van der Waals surface area contributed by atoms with Crippen LogP contribution in [0.5, 0.6) is 0 Å². The molecule has 1 aromatic rings. The van der Waals surface area contributed by atoms with Crippen molar-refractivity contribution in [2.75, 3.05) is 0 Å². The summed E-state index contributed by atoms with van der Waals surface area (Å²) in [4.78, 5) is 0. The van der Waals surface area contributed by atoms with Crippen molar-refractivity contribution in [3.63, 3.8) is 0 Å². The molecule has 1 nitrogen and oxygen atoms in total. The lowest BCUT2D eigenvalue weighted by molar-refractivity contribution is 0.510. The van der Waals surface area contributed by atoms with Crippen LogP contribution in [0.15, 0.2) is 72.5 Å². The van der Waals surface area contributed by atoms with Gasteiger partial charge >= 0.3 is 0 Å². The molecule has 0 bridgehead atoms. The Morgan fingerprint density at radius 2 is 1.79 bits per heavy atom. The molecule has 1 aliphatic rings. The van der Waals surface area contributed by atoms with E-state index in [4.69, 9.17) is 0 Å². The summed E-state index contributed by atoms with van der Waals surface area (Å²) in [5.41, 5.74) is 4.17. The molecule has 0 radical (unpaired) electrons. The van der Waals surface area contributed by atoms with Gasteiger partial charge in [0, 0.05) is 12.2 Å². The number of allylic oxidation sites excluding steroid dienone is 5. The van der Waals surface area contributed by atoms with Gasteiger partial charge in [0.2, 0.25) is 0 Å². The molecule has 1 atom stereocenters. The van der Waals surface area contributed by atoms with Gasteiger partial charge in [0.15, 0.2) is 0 Å². The number of hydrogen-bond acceptors (Lipinski definition) is 1. The van der Waals surface area contributed by atoms with Gasteiger partial charge in [-0.05, 0) is 35.5 Å². The first-order valence-electron chi connectivity index (χ1n) is 9.03. The van der Waals surface area contributed by atoms with E-state index in [1.807, 2.05) is 13.8 Å². The monoisotopic (exact) mass is 323 g/mol. The predicted molar refractivity (Wildman–Crippen MR) is 109 cm³/mol. The summed E-state index contributed by atoms with van der Waals surface area (Å²) in [5.74, 6) is 0. The second kappa shape index (κ2) is 9.97. The van der Waals surface area contributed by atoms with E-state index in [-0.39, 0.29) is 5.41 Å². The van der Waals surface area contributed by atoms with E-state index in [0.29, 0.717) is 6.04 Å². The topological polar surface area (TPSA) is 12.0 Å². The van der Waals surface area contributed by atoms with Crippen LogP contribution in [0.4, 0.5) is 0 Å². The first-order valence-corrected chi connectivity index (χ1v) is 9.03. The molecule has 24 heavy (non-hydrogen) atoms. The van der Waals surface area contributed by atoms with E-state index in [9.17, 15) is 0 Å². The highest BCUT2D eigenvalue weighted by molar-refractivity contribution is 5.69. The maximum absolute atomic E-state index is 3.57. The second-order valence-corrected chi connectivity index (χ2v) is 6.77. The van der Waals surface area contributed by atoms with Crippen LogP contribution in [0.2, 0.25) is 0 Å². The third-order valence-corrected chi connectivity index (χ3v) is 3.89. The van der Waals surface area contributed by atoms with E-state index in [1.54, 1.807) is 0 Å². The molecule has 1 unspecified atom stereocenters. The molecular formula is C23H33N. The van der Waals surface area contributed by atoms with Crippen LogP contribution in [-0.4, -0.2) is 6.04 Å². The van der Waals surface area contributed by atoms with Crippen molar-refractivity contribution < 1.29 is 0 Å². The van der Waals surface area contributed by atoms with Gasteiger partial charge in [0.25, 0.3) is 0 Å². The lowest BCUT2D eigenvalue weighted by Crippen LogP contribution is -2.25. The fourth-order valence-electron chi connectivity index (χ4n) is 2.55. The van der Waals surface area contributed by atoms with Crippen molar-refractivity contribution in [2.45, 2.75) is 54.0 Å². The molecule has 1 aliphatic carbocycles. The maximum Gasteiger partial charge on any atom is 0.0482 e. The minimum Gasteiger partial charge on any atom is -0.384 e. The van der Waals surface area contributed by atoms with Gasteiger partial charge in [0.1, 0.15) is 0 Å². The quantitative estimate of drug-likeness (QED) is 0.622. The first kappa shape index (κ1) is 20.0. The van der Waals surface area contributed by atoms with E-state index >= 15 is 0 Å². The van der Waals surface area contributed by atoms with Crippen LogP contribution in [0.25, 0.3) is 5.57 Å². The molecule has 0 spiro atoms. The van der Waals surface area contributed by atoms with E-state index < -0.39 is 0 Å². The molecule has 0 aliphatic heterocycles. The van der Waals surface area contributed by atoms with Crippen LogP contribution < -0.4 is 5.32 Å². The minimum atomic E-state index is 0.149. The zero-order chi connectivity index (χ0) is 18.0. The third kappa shape index (κ3) is 6.23. The van der Waals surface area contributed by atoms with Gasteiger partial charge in [-0.15, -0.1) is 0 Å². The predicted octanol–water partition coefficient (Wildman–Crippen LogP) is 6.52. The highest BCUT2D eigenvalue weighted by Crippen LogP contribution is 2.27. The zero-order valence-corrected chi connectivity index (χ0v) is 16.1. The lowest BCUT2D eigenvalue weighted by Gasteiger charge is -2.24. The Balaban J connectivity index is 0.00000139. The Bertz CT molecular complexity index is 595. The van der Waals surface area contributed by atoms with Gasteiger partial charge in [-0.2, -0.15) is 0 Å². The molecule has 1 heteroatoms. The largest absolute Gasteiger partial charge is 0.384 e. The maximum atomic E-state index is 3.57. The highest BCUT2D eigenvalue weighted by atomic mass is 14.9. The van der Waals surface area contributed by atoms with E-state index in [1.165, 1.54) is 16.7 Å². The van der Waals surface area contributed by atoms with Crippen molar-refractivity contribution in [1.29, 1.82) is 0 Å². The molecule has 1 N–H and O–H groups in total. The normalized spacial score (nSPS) is 18.0. The molecule has 2 rings (SSSR count). The summed E-state index contributed by atoms with van der Waals surface area (Å²) in [6, 6.07) is 11.0.